The molecular formula is C16H13N3OS. The van der Waals surface area contributed by atoms with Gasteiger partial charge in [-0.1, -0.05) is 36.4 Å². The number of anilines is 1. The summed E-state index contributed by atoms with van der Waals surface area (Å²) in [6, 6.07) is 21.2. The second kappa shape index (κ2) is 6.19. The molecule has 0 amide bonds. The first-order chi connectivity index (χ1) is 10.3. The molecule has 0 aliphatic heterocycles. The molecule has 0 atom stereocenters. The Hall–Kier alpha value is -2.66. The van der Waals surface area contributed by atoms with Gasteiger partial charge in [0.15, 0.2) is 5.11 Å². The van der Waals surface area contributed by atoms with Crippen molar-refractivity contribution >= 4 is 34.0 Å². The van der Waals surface area contributed by atoms with Crippen LogP contribution in [0.5, 0.6) is 0 Å². The largest absolute Gasteiger partial charge is 0.437 e. The van der Waals surface area contributed by atoms with Gasteiger partial charge >= 0.3 is 0 Å². The van der Waals surface area contributed by atoms with Crippen LogP contribution in [0.2, 0.25) is 0 Å². The molecule has 0 radical (unpaired) electrons. The Kier molecular flexibility index (Phi) is 3.93. The Bertz CT molecular complexity index is 827. The molecule has 3 rings (SSSR count). The Labute approximate surface area is 127 Å². The highest BCUT2D eigenvalue weighted by atomic mass is 32.1. The zero-order valence-corrected chi connectivity index (χ0v) is 11.9. The summed E-state index contributed by atoms with van der Waals surface area (Å²) < 4.78 is 5.65. The van der Waals surface area contributed by atoms with Gasteiger partial charge in [0.05, 0.1) is 0 Å². The lowest BCUT2D eigenvalue weighted by molar-refractivity contribution is 0.531. The highest BCUT2D eigenvalue weighted by molar-refractivity contribution is 7.80. The Morgan fingerprint density at radius 2 is 1.67 bits per heavy atom. The van der Waals surface area contributed by atoms with Gasteiger partial charge in [0, 0.05) is 17.1 Å². The fourth-order valence-electron chi connectivity index (χ4n) is 1.87. The summed E-state index contributed by atoms with van der Waals surface area (Å²) >= 11 is 5.17. The van der Waals surface area contributed by atoms with E-state index in [0.717, 1.165) is 16.7 Å². The summed E-state index contributed by atoms with van der Waals surface area (Å²) in [5, 5.41) is 8.60. The Morgan fingerprint density at radius 1 is 0.905 bits per heavy atom. The van der Waals surface area contributed by atoms with Crippen molar-refractivity contribution in [1.82, 2.24) is 5.43 Å². The van der Waals surface area contributed by atoms with E-state index in [1.54, 1.807) is 6.07 Å². The highest BCUT2D eigenvalue weighted by Gasteiger charge is 1.96. The van der Waals surface area contributed by atoms with E-state index in [9.17, 15) is 0 Å². The van der Waals surface area contributed by atoms with Crippen molar-refractivity contribution in [3.05, 3.63) is 72.3 Å². The maximum Gasteiger partial charge on any atom is 0.236 e. The van der Waals surface area contributed by atoms with E-state index >= 15 is 0 Å². The van der Waals surface area contributed by atoms with Gasteiger partial charge < -0.3 is 9.73 Å². The van der Waals surface area contributed by atoms with Crippen molar-refractivity contribution < 1.29 is 4.42 Å². The minimum atomic E-state index is 0.407. The second-order valence-corrected chi connectivity index (χ2v) is 4.76. The summed E-state index contributed by atoms with van der Waals surface area (Å²) in [4.78, 5) is 0. The zero-order chi connectivity index (χ0) is 14.5. The van der Waals surface area contributed by atoms with Crippen LogP contribution in [-0.4, -0.2) is 5.11 Å². The minimum absolute atomic E-state index is 0.407. The summed E-state index contributed by atoms with van der Waals surface area (Å²) in [7, 11) is 0. The van der Waals surface area contributed by atoms with Crippen molar-refractivity contribution in [3.63, 3.8) is 0 Å². The number of hydrogen-bond acceptors (Lipinski definition) is 3. The quantitative estimate of drug-likeness (QED) is 0.563. The third kappa shape index (κ3) is 3.46. The summed E-state index contributed by atoms with van der Waals surface area (Å²) in [5.41, 5.74) is 4.91. The molecule has 0 spiro atoms. The predicted octanol–water partition coefficient (Wildman–Crippen LogP) is 3.24. The first kappa shape index (κ1) is 13.3. The van der Waals surface area contributed by atoms with E-state index in [2.05, 4.69) is 15.8 Å². The van der Waals surface area contributed by atoms with E-state index in [-0.39, 0.29) is 0 Å². The number of para-hydroxylation sites is 2. The van der Waals surface area contributed by atoms with Crippen LogP contribution in [0.4, 0.5) is 5.69 Å². The number of fused-ring (bicyclic) bond motifs is 1. The van der Waals surface area contributed by atoms with Crippen LogP contribution in [0.3, 0.4) is 0 Å². The van der Waals surface area contributed by atoms with Crippen molar-refractivity contribution in [1.29, 1.82) is 0 Å². The first-order valence-electron chi connectivity index (χ1n) is 6.46. The molecule has 0 aliphatic rings. The van der Waals surface area contributed by atoms with Gasteiger partial charge in [-0.25, -0.2) is 5.43 Å². The molecule has 2 N–H and O–H groups in total. The summed E-state index contributed by atoms with van der Waals surface area (Å²) in [6.45, 7) is 0. The van der Waals surface area contributed by atoms with Crippen molar-refractivity contribution in [2.24, 2.45) is 5.10 Å². The normalized spacial score (nSPS) is 11.3. The molecule has 0 saturated heterocycles. The van der Waals surface area contributed by atoms with Crippen molar-refractivity contribution in [3.8, 4) is 0 Å². The minimum Gasteiger partial charge on any atom is -0.437 e. The van der Waals surface area contributed by atoms with Crippen LogP contribution < -0.4 is 16.3 Å². The number of benzene rings is 2. The zero-order valence-electron chi connectivity index (χ0n) is 11.1. The molecule has 4 nitrogen and oxygen atoms in total. The maximum atomic E-state index is 5.65. The van der Waals surface area contributed by atoms with Gasteiger partial charge in [-0.3, -0.25) is 0 Å². The Balaban J connectivity index is 1.73. The van der Waals surface area contributed by atoms with Gasteiger partial charge in [0.1, 0.15) is 5.58 Å². The molecule has 5 heteroatoms. The fraction of sp³-hybridized carbons (Fsp3) is 0. The van der Waals surface area contributed by atoms with Gasteiger partial charge in [-0.05, 0) is 36.5 Å². The van der Waals surface area contributed by atoms with E-state index in [1.165, 1.54) is 0 Å². The molecule has 0 saturated carbocycles. The standard InChI is InChI=1S/C16H13N3OS/c21-16(17-13-7-2-1-3-8-13)19-18-15-11-10-12-6-4-5-9-14(12)20-15/h1-11H,(H2,17,19,21)/b18-15-. The molecule has 21 heavy (non-hydrogen) atoms. The molecule has 2 aromatic carbocycles. The van der Waals surface area contributed by atoms with Crippen LogP contribution in [0.1, 0.15) is 0 Å². The third-order valence-electron chi connectivity index (χ3n) is 2.84. The van der Waals surface area contributed by atoms with Crippen LogP contribution in [-0.2, 0) is 0 Å². The highest BCUT2D eigenvalue weighted by Crippen LogP contribution is 2.09. The lowest BCUT2D eigenvalue weighted by atomic mass is 10.2. The third-order valence-corrected chi connectivity index (χ3v) is 3.03. The van der Waals surface area contributed by atoms with E-state index < -0.39 is 0 Å². The molecule has 0 unspecified atom stereocenters. The molecule has 0 bridgehead atoms. The average Bonchev–Trinajstić information content (AvgIpc) is 2.54. The Morgan fingerprint density at radius 3 is 2.52 bits per heavy atom. The monoisotopic (exact) mass is 295 g/mol. The molecule has 3 aromatic rings. The van der Waals surface area contributed by atoms with E-state index in [1.807, 2.05) is 60.7 Å². The van der Waals surface area contributed by atoms with Crippen LogP contribution in [0.25, 0.3) is 11.0 Å². The summed E-state index contributed by atoms with van der Waals surface area (Å²) in [6.07, 6.45) is 0. The second-order valence-electron chi connectivity index (χ2n) is 4.36. The number of rotatable bonds is 2. The van der Waals surface area contributed by atoms with Crippen molar-refractivity contribution in [2.45, 2.75) is 0 Å². The summed E-state index contributed by atoms with van der Waals surface area (Å²) in [5.74, 6) is 0. The average molecular weight is 295 g/mol. The SMILES string of the molecule is S=C(N/N=c1/ccc2ccccc2o1)Nc1ccccc1. The molecule has 1 heterocycles. The topological polar surface area (TPSA) is 49.6 Å². The smallest absolute Gasteiger partial charge is 0.236 e. The van der Waals surface area contributed by atoms with Gasteiger partial charge in [0.2, 0.25) is 5.55 Å². The van der Waals surface area contributed by atoms with Crippen molar-refractivity contribution in [2.75, 3.05) is 5.32 Å². The van der Waals surface area contributed by atoms with Crippen LogP contribution in [0.15, 0.2) is 76.2 Å². The van der Waals surface area contributed by atoms with Gasteiger partial charge in [-0.2, -0.15) is 0 Å². The number of nitrogens with one attached hydrogen (secondary N) is 2. The van der Waals surface area contributed by atoms with Gasteiger partial charge in [-0.15, -0.1) is 5.10 Å². The molecule has 1 aromatic heterocycles. The molecule has 0 fully saturated rings. The van der Waals surface area contributed by atoms with Crippen LogP contribution >= 0.6 is 12.2 Å². The van der Waals surface area contributed by atoms with E-state index in [4.69, 9.17) is 16.6 Å². The van der Waals surface area contributed by atoms with Crippen LogP contribution in [0, 0.1) is 0 Å². The van der Waals surface area contributed by atoms with E-state index in [0.29, 0.717) is 10.7 Å². The first-order valence-corrected chi connectivity index (χ1v) is 6.87. The maximum absolute atomic E-state index is 5.65. The number of nitrogens with zero attached hydrogens (tertiary/aromatic N) is 1. The molecule has 104 valence electrons. The lowest BCUT2D eigenvalue weighted by Gasteiger charge is -2.05. The molecular weight excluding hydrogens is 282 g/mol. The fourth-order valence-corrected chi connectivity index (χ4v) is 2.03. The number of thiocarbonyl (C=S) groups is 1. The van der Waals surface area contributed by atoms with Gasteiger partial charge in [0.25, 0.3) is 0 Å². The molecule has 0 aliphatic carbocycles. The number of hydrogen-bond donors (Lipinski definition) is 2. The lowest BCUT2D eigenvalue weighted by Crippen LogP contribution is -2.26. The predicted molar refractivity (Wildman–Crippen MR) is 87.6 cm³/mol.